The van der Waals surface area contributed by atoms with Gasteiger partial charge in [-0.3, -0.25) is 0 Å². The molecule has 0 radical (unpaired) electrons. The Labute approximate surface area is 130 Å². The molecule has 0 bridgehead atoms. The highest BCUT2D eigenvalue weighted by molar-refractivity contribution is 7.98. The Balaban J connectivity index is 1.77. The second-order valence-electron chi connectivity index (χ2n) is 4.40. The maximum absolute atomic E-state index is 5.89. The van der Waals surface area contributed by atoms with E-state index in [9.17, 15) is 0 Å². The number of halogens is 1. The lowest BCUT2D eigenvalue weighted by atomic mass is 10.2. The van der Waals surface area contributed by atoms with Gasteiger partial charge in [0.1, 0.15) is 0 Å². The molecule has 1 aromatic carbocycles. The van der Waals surface area contributed by atoms with Crippen LogP contribution in [0.15, 0.2) is 33.9 Å². The minimum atomic E-state index is 0.563. The number of aryl methyl sites for hydroxylation is 1. The quantitative estimate of drug-likeness (QED) is 0.688. The van der Waals surface area contributed by atoms with Gasteiger partial charge in [-0.1, -0.05) is 28.5 Å². The first-order valence-corrected chi connectivity index (χ1v) is 7.57. The molecule has 3 aromatic rings. The monoisotopic (exact) mass is 321 g/mol. The summed E-state index contributed by atoms with van der Waals surface area (Å²) in [6.07, 6.45) is 0. The molecule has 3 rings (SSSR count). The second-order valence-corrected chi connectivity index (χ2v) is 5.78. The summed E-state index contributed by atoms with van der Waals surface area (Å²) in [5.74, 6) is 2.56. The molecule has 0 aliphatic rings. The average Bonchev–Trinajstić information content (AvgIpc) is 3.04. The van der Waals surface area contributed by atoms with E-state index in [0.717, 1.165) is 16.5 Å². The maximum atomic E-state index is 5.89. The Morgan fingerprint density at radius 1 is 1.24 bits per heavy atom. The van der Waals surface area contributed by atoms with Crippen molar-refractivity contribution in [2.45, 2.75) is 17.8 Å². The zero-order valence-electron chi connectivity index (χ0n) is 11.4. The number of nitrogens with zero attached hydrogens (tertiary/aromatic N) is 5. The Kier molecular flexibility index (Phi) is 3.94. The predicted molar refractivity (Wildman–Crippen MR) is 80.0 cm³/mol. The molecular formula is C13H12ClN5OS. The highest BCUT2D eigenvalue weighted by Gasteiger charge is 2.12. The summed E-state index contributed by atoms with van der Waals surface area (Å²) in [6.45, 7) is 1.79. The third-order valence-electron chi connectivity index (χ3n) is 2.83. The first-order valence-electron chi connectivity index (χ1n) is 6.21. The van der Waals surface area contributed by atoms with Crippen LogP contribution in [-0.2, 0) is 12.8 Å². The molecule has 108 valence electrons. The van der Waals surface area contributed by atoms with Crippen LogP contribution >= 0.6 is 23.4 Å². The third-order valence-corrected chi connectivity index (χ3v) is 4.09. The fraction of sp³-hybridized carbons (Fsp3) is 0.231. The molecule has 0 spiro atoms. The second kappa shape index (κ2) is 5.87. The fourth-order valence-corrected chi connectivity index (χ4v) is 2.69. The van der Waals surface area contributed by atoms with Crippen molar-refractivity contribution in [3.05, 3.63) is 41.0 Å². The molecule has 0 unspecified atom stereocenters. The van der Waals surface area contributed by atoms with E-state index in [0.29, 0.717) is 22.5 Å². The molecule has 2 heterocycles. The number of thioether (sulfide) groups is 1. The average molecular weight is 322 g/mol. The summed E-state index contributed by atoms with van der Waals surface area (Å²) in [7, 11) is 1.92. The molecule has 0 saturated carbocycles. The Morgan fingerprint density at radius 2 is 2.00 bits per heavy atom. The molecule has 0 aliphatic carbocycles. The molecule has 21 heavy (non-hydrogen) atoms. The van der Waals surface area contributed by atoms with E-state index >= 15 is 0 Å². The molecule has 6 nitrogen and oxygen atoms in total. The summed E-state index contributed by atoms with van der Waals surface area (Å²) < 4.78 is 7.00. The Morgan fingerprint density at radius 3 is 2.67 bits per heavy atom. The molecular weight excluding hydrogens is 310 g/mol. The minimum Gasteiger partial charge on any atom is -0.338 e. The summed E-state index contributed by atoms with van der Waals surface area (Å²) >= 11 is 7.39. The van der Waals surface area contributed by atoms with Gasteiger partial charge >= 0.3 is 0 Å². The van der Waals surface area contributed by atoms with Crippen molar-refractivity contribution in [2.75, 3.05) is 0 Å². The van der Waals surface area contributed by atoms with E-state index in [1.54, 1.807) is 6.92 Å². The molecule has 0 atom stereocenters. The number of aromatic nitrogens is 5. The van der Waals surface area contributed by atoms with Crippen LogP contribution in [0.1, 0.15) is 11.7 Å². The van der Waals surface area contributed by atoms with Gasteiger partial charge in [-0.2, -0.15) is 4.98 Å². The molecule has 0 fully saturated rings. The minimum absolute atomic E-state index is 0.563. The number of benzene rings is 1. The summed E-state index contributed by atoms with van der Waals surface area (Å²) in [5.41, 5.74) is 0.967. The van der Waals surface area contributed by atoms with Crippen LogP contribution in [-0.4, -0.2) is 24.9 Å². The van der Waals surface area contributed by atoms with Crippen LogP contribution in [0.4, 0.5) is 0 Å². The van der Waals surface area contributed by atoms with Crippen LogP contribution in [0, 0.1) is 6.92 Å². The van der Waals surface area contributed by atoms with Gasteiger partial charge in [0.2, 0.25) is 5.89 Å². The van der Waals surface area contributed by atoms with Crippen molar-refractivity contribution in [1.29, 1.82) is 0 Å². The molecule has 2 aromatic heterocycles. The van der Waals surface area contributed by atoms with Gasteiger partial charge in [0.25, 0.3) is 0 Å². The Bertz CT molecular complexity index is 752. The zero-order chi connectivity index (χ0) is 14.8. The van der Waals surface area contributed by atoms with Gasteiger partial charge < -0.3 is 9.09 Å². The first-order chi connectivity index (χ1) is 10.1. The lowest BCUT2D eigenvalue weighted by molar-refractivity contribution is 0.387. The third kappa shape index (κ3) is 3.08. The highest BCUT2D eigenvalue weighted by Crippen LogP contribution is 2.25. The van der Waals surface area contributed by atoms with Gasteiger partial charge in [-0.25, -0.2) is 0 Å². The predicted octanol–water partition coefficient (Wildman–Crippen LogP) is 3.12. The summed E-state index contributed by atoms with van der Waals surface area (Å²) in [6, 6.07) is 7.50. The van der Waals surface area contributed by atoms with Crippen molar-refractivity contribution in [1.82, 2.24) is 24.9 Å². The van der Waals surface area contributed by atoms with Crippen molar-refractivity contribution in [3.8, 4) is 11.4 Å². The van der Waals surface area contributed by atoms with E-state index in [2.05, 4.69) is 20.3 Å². The van der Waals surface area contributed by atoms with E-state index in [-0.39, 0.29) is 0 Å². The first kappa shape index (κ1) is 14.1. The topological polar surface area (TPSA) is 69.6 Å². The van der Waals surface area contributed by atoms with Crippen LogP contribution in [0.2, 0.25) is 5.02 Å². The Hall–Kier alpha value is -1.86. The normalized spacial score (nSPS) is 11.0. The summed E-state index contributed by atoms with van der Waals surface area (Å²) in [4.78, 5) is 4.16. The van der Waals surface area contributed by atoms with Crippen LogP contribution in [0.25, 0.3) is 11.4 Å². The van der Waals surface area contributed by atoms with E-state index in [1.807, 2.05) is 35.9 Å². The molecule has 8 heteroatoms. The lowest BCUT2D eigenvalue weighted by Gasteiger charge is -2.03. The number of hydrogen-bond acceptors (Lipinski definition) is 6. The van der Waals surface area contributed by atoms with E-state index in [1.165, 1.54) is 11.8 Å². The van der Waals surface area contributed by atoms with Gasteiger partial charge in [-0.05, 0) is 31.2 Å². The van der Waals surface area contributed by atoms with Gasteiger partial charge in [0.05, 0.1) is 5.75 Å². The van der Waals surface area contributed by atoms with Crippen molar-refractivity contribution < 1.29 is 4.52 Å². The number of hydrogen-bond donors (Lipinski definition) is 0. The number of rotatable bonds is 4. The molecule has 0 amide bonds. The van der Waals surface area contributed by atoms with Crippen LogP contribution in [0.3, 0.4) is 0 Å². The maximum Gasteiger partial charge on any atom is 0.237 e. The molecule has 0 aliphatic heterocycles. The van der Waals surface area contributed by atoms with Crippen molar-refractivity contribution in [3.63, 3.8) is 0 Å². The SMILES string of the molecule is Cc1noc(CSc2nnc(-c3ccc(Cl)cc3)n2C)n1. The summed E-state index contributed by atoms with van der Waals surface area (Å²) in [5, 5.41) is 13.6. The zero-order valence-corrected chi connectivity index (χ0v) is 13.0. The van der Waals surface area contributed by atoms with E-state index in [4.69, 9.17) is 16.1 Å². The van der Waals surface area contributed by atoms with Crippen LogP contribution in [0.5, 0.6) is 0 Å². The van der Waals surface area contributed by atoms with Gasteiger partial charge in [0, 0.05) is 17.6 Å². The lowest BCUT2D eigenvalue weighted by Crippen LogP contribution is -1.95. The van der Waals surface area contributed by atoms with E-state index < -0.39 is 0 Å². The fourth-order valence-electron chi connectivity index (χ4n) is 1.82. The molecule has 0 saturated heterocycles. The van der Waals surface area contributed by atoms with Gasteiger partial charge in [0.15, 0.2) is 16.8 Å². The highest BCUT2D eigenvalue weighted by atomic mass is 35.5. The van der Waals surface area contributed by atoms with Gasteiger partial charge in [-0.15, -0.1) is 10.2 Å². The smallest absolute Gasteiger partial charge is 0.237 e. The largest absolute Gasteiger partial charge is 0.338 e. The standard InChI is InChI=1S/C13H12ClN5OS/c1-8-15-11(20-18-8)7-21-13-17-16-12(19(13)2)9-3-5-10(14)6-4-9/h3-6H,7H2,1-2H3. The van der Waals surface area contributed by atoms with Crippen molar-refractivity contribution >= 4 is 23.4 Å². The van der Waals surface area contributed by atoms with Crippen LogP contribution < -0.4 is 0 Å². The molecule has 0 N–H and O–H groups in total. The van der Waals surface area contributed by atoms with Crippen molar-refractivity contribution in [2.24, 2.45) is 7.05 Å².